The number of carbonyl (C=O) groups is 2. The summed E-state index contributed by atoms with van der Waals surface area (Å²) < 4.78 is 0. The SMILES string of the molecule is Nc1nc(-c2ccc(CNC(=O)[C@H](O)[C@@H](O)C(=O)N3CCCC3c3cccc(Cl)c3)cc2)cs1. The summed E-state index contributed by atoms with van der Waals surface area (Å²) in [4.78, 5) is 31.1. The van der Waals surface area contributed by atoms with Crippen LogP contribution in [0.15, 0.2) is 53.9 Å². The first-order chi connectivity index (χ1) is 16.3. The molecule has 5 N–H and O–H groups in total. The molecule has 3 atom stereocenters. The van der Waals surface area contributed by atoms with E-state index in [9.17, 15) is 19.8 Å². The molecule has 4 rings (SSSR count). The molecule has 0 spiro atoms. The molecule has 2 heterocycles. The van der Waals surface area contributed by atoms with Gasteiger partial charge in [-0.15, -0.1) is 11.3 Å². The zero-order valence-electron chi connectivity index (χ0n) is 18.2. The quantitative estimate of drug-likeness (QED) is 0.395. The Morgan fingerprint density at radius 1 is 1.21 bits per heavy atom. The van der Waals surface area contributed by atoms with Gasteiger partial charge in [0.25, 0.3) is 11.8 Å². The molecule has 0 radical (unpaired) electrons. The number of nitrogen functional groups attached to an aromatic ring is 1. The second-order valence-corrected chi connectivity index (χ2v) is 9.45. The van der Waals surface area contributed by atoms with Crippen LogP contribution in [-0.4, -0.2) is 50.7 Å². The van der Waals surface area contributed by atoms with Crippen LogP contribution in [-0.2, 0) is 16.1 Å². The summed E-state index contributed by atoms with van der Waals surface area (Å²) in [5, 5.41) is 26.3. The number of halogens is 1. The Morgan fingerprint density at radius 2 is 1.97 bits per heavy atom. The van der Waals surface area contributed by atoms with Crippen molar-refractivity contribution < 1.29 is 19.8 Å². The standard InChI is InChI=1S/C24H25ClN4O4S/c25-17-4-1-3-16(11-17)19-5-2-10-29(19)23(33)21(31)20(30)22(32)27-12-14-6-8-15(9-7-14)18-13-34-24(26)28-18/h1,3-4,6-9,11,13,19-21,30-31H,2,5,10,12H2,(H2,26,28)(H,27,32)/t19?,20-,21-/m1/s1. The van der Waals surface area contributed by atoms with Crippen LogP contribution in [0.2, 0.25) is 5.02 Å². The number of amides is 2. The maximum Gasteiger partial charge on any atom is 0.255 e. The van der Waals surface area contributed by atoms with E-state index in [0.717, 1.165) is 28.8 Å². The summed E-state index contributed by atoms with van der Waals surface area (Å²) in [7, 11) is 0. The van der Waals surface area contributed by atoms with Gasteiger partial charge in [0.2, 0.25) is 0 Å². The van der Waals surface area contributed by atoms with Gasteiger partial charge in [-0.2, -0.15) is 0 Å². The predicted molar refractivity (Wildman–Crippen MR) is 131 cm³/mol. The van der Waals surface area contributed by atoms with Crippen LogP contribution in [0, 0.1) is 0 Å². The second-order valence-electron chi connectivity index (χ2n) is 8.12. The van der Waals surface area contributed by atoms with Crippen molar-refractivity contribution in [1.29, 1.82) is 0 Å². The van der Waals surface area contributed by atoms with Crippen LogP contribution >= 0.6 is 22.9 Å². The third-order valence-corrected chi connectivity index (χ3v) is 6.74. The predicted octanol–water partition coefficient (Wildman–Crippen LogP) is 2.75. The highest BCUT2D eigenvalue weighted by molar-refractivity contribution is 7.13. The molecule has 1 unspecified atom stereocenters. The van der Waals surface area contributed by atoms with Gasteiger partial charge in [0.1, 0.15) is 0 Å². The third kappa shape index (κ3) is 5.39. The first-order valence-electron chi connectivity index (χ1n) is 10.8. The van der Waals surface area contributed by atoms with Crippen molar-refractivity contribution in [2.75, 3.05) is 12.3 Å². The van der Waals surface area contributed by atoms with Crippen molar-refractivity contribution >= 4 is 39.9 Å². The van der Waals surface area contributed by atoms with E-state index in [0.29, 0.717) is 23.1 Å². The molecule has 0 aliphatic carbocycles. The normalized spacial score (nSPS) is 17.4. The number of hydrogen-bond donors (Lipinski definition) is 4. The molecule has 1 aliphatic rings. The van der Waals surface area contributed by atoms with E-state index in [-0.39, 0.29) is 12.6 Å². The lowest BCUT2D eigenvalue weighted by atomic mass is 10.0. The summed E-state index contributed by atoms with van der Waals surface area (Å²) in [6, 6.07) is 14.3. The average molecular weight is 501 g/mol. The van der Waals surface area contributed by atoms with Gasteiger partial charge in [-0.05, 0) is 36.1 Å². The van der Waals surface area contributed by atoms with Crippen molar-refractivity contribution in [2.24, 2.45) is 0 Å². The Hall–Kier alpha value is -2.98. The summed E-state index contributed by atoms with van der Waals surface area (Å²) in [6.07, 6.45) is -2.28. The van der Waals surface area contributed by atoms with Crippen LogP contribution in [0.5, 0.6) is 0 Å². The van der Waals surface area contributed by atoms with Crippen molar-refractivity contribution in [1.82, 2.24) is 15.2 Å². The maximum absolute atomic E-state index is 12.9. The minimum atomic E-state index is -1.88. The van der Waals surface area contributed by atoms with E-state index in [1.165, 1.54) is 16.2 Å². The average Bonchev–Trinajstić information content (AvgIpc) is 3.51. The largest absolute Gasteiger partial charge is 0.380 e. The number of aromatic nitrogens is 1. The number of anilines is 1. The number of nitrogens with zero attached hydrogens (tertiary/aromatic N) is 2. The second kappa shape index (κ2) is 10.5. The van der Waals surface area contributed by atoms with E-state index in [1.807, 2.05) is 35.7 Å². The van der Waals surface area contributed by atoms with Crippen LogP contribution in [0.4, 0.5) is 5.13 Å². The molecule has 3 aromatic rings. The lowest BCUT2D eigenvalue weighted by Crippen LogP contribution is -2.50. The van der Waals surface area contributed by atoms with Crippen molar-refractivity contribution in [3.63, 3.8) is 0 Å². The van der Waals surface area contributed by atoms with Crippen LogP contribution in [0.3, 0.4) is 0 Å². The molecule has 1 saturated heterocycles. The molecule has 2 amide bonds. The number of likely N-dealkylation sites (tertiary alicyclic amines) is 1. The smallest absolute Gasteiger partial charge is 0.255 e. The molecule has 178 valence electrons. The molecule has 8 nitrogen and oxygen atoms in total. The van der Waals surface area contributed by atoms with Crippen LogP contribution in [0.25, 0.3) is 11.3 Å². The van der Waals surface area contributed by atoms with Gasteiger partial charge in [0.15, 0.2) is 17.3 Å². The number of rotatable bonds is 7. The molecule has 10 heteroatoms. The van der Waals surface area contributed by atoms with Crippen molar-refractivity contribution in [3.8, 4) is 11.3 Å². The van der Waals surface area contributed by atoms with E-state index < -0.39 is 24.0 Å². The molecule has 2 aromatic carbocycles. The molecular weight excluding hydrogens is 476 g/mol. The number of nitrogens with one attached hydrogen (secondary N) is 1. The molecular formula is C24H25ClN4O4S. The molecule has 34 heavy (non-hydrogen) atoms. The Labute approximate surface area is 206 Å². The van der Waals surface area contributed by atoms with Crippen LogP contribution < -0.4 is 11.1 Å². The number of hydrogen-bond acceptors (Lipinski definition) is 7. The van der Waals surface area contributed by atoms with E-state index >= 15 is 0 Å². The Kier molecular flexibility index (Phi) is 7.47. The fraction of sp³-hybridized carbons (Fsp3) is 0.292. The van der Waals surface area contributed by atoms with Gasteiger partial charge in [0.05, 0.1) is 11.7 Å². The molecule has 0 saturated carbocycles. The molecule has 1 aliphatic heterocycles. The van der Waals surface area contributed by atoms with Gasteiger partial charge < -0.3 is 26.2 Å². The number of aliphatic hydroxyl groups is 2. The topological polar surface area (TPSA) is 129 Å². The molecule has 1 fully saturated rings. The lowest BCUT2D eigenvalue weighted by molar-refractivity contribution is -0.153. The van der Waals surface area contributed by atoms with Gasteiger partial charge in [-0.25, -0.2) is 4.98 Å². The monoisotopic (exact) mass is 500 g/mol. The fourth-order valence-corrected chi connectivity index (χ4v) is 4.82. The number of thiazole rings is 1. The minimum Gasteiger partial charge on any atom is -0.380 e. The first kappa shape index (κ1) is 24.2. The molecule has 0 bridgehead atoms. The Balaban J connectivity index is 1.34. The summed E-state index contributed by atoms with van der Waals surface area (Å²) in [6.45, 7) is 0.559. The number of nitrogens with two attached hydrogens (primary N) is 1. The highest BCUT2D eigenvalue weighted by atomic mass is 35.5. The Bertz CT molecular complexity index is 1170. The highest BCUT2D eigenvalue weighted by Crippen LogP contribution is 2.33. The third-order valence-electron chi connectivity index (χ3n) is 5.83. The van der Waals surface area contributed by atoms with Gasteiger partial charge in [-0.1, -0.05) is 48.0 Å². The maximum atomic E-state index is 12.9. The van der Waals surface area contributed by atoms with E-state index in [1.54, 1.807) is 18.2 Å². The molecule has 1 aromatic heterocycles. The summed E-state index contributed by atoms with van der Waals surface area (Å²) in [5.41, 5.74) is 8.97. The Morgan fingerprint density at radius 3 is 2.65 bits per heavy atom. The summed E-state index contributed by atoms with van der Waals surface area (Å²) in [5.74, 6) is -1.51. The fourth-order valence-electron chi connectivity index (χ4n) is 4.05. The van der Waals surface area contributed by atoms with Crippen LogP contribution in [0.1, 0.15) is 30.0 Å². The minimum absolute atomic E-state index is 0.130. The zero-order chi connectivity index (χ0) is 24.2. The summed E-state index contributed by atoms with van der Waals surface area (Å²) >= 11 is 7.43. The van der Waals surface area contributed by atoms with E-state index in [4.69, 9.17) is 17.3 Å². The van der Waals surface area contributed by atoms with E-state index in [2.05, 4.69) is 10.3 Å². The number of carbonyl (C=O) groups excluding carboxylic acids is 2. The number of benzene rings is 2. The lowest BCUT2D eigenvalue weighted by Gasteiger charge is -2.28. The van der Waals surface area contributed by atoms with Gasteiger partial charge in [-0.3, -0.25) is 9.59 Å². The first-order valence-corrected chi connectivity index (χ1v) is 12.1. The van der Waals surface area contributed by atoms with Crippen molar-refractivity contribution in [2.45, 2.75) is 37.6 Å². The van der Waals surface area contributed by atoms with Gasteiger partial charge >= 0.3 is 0 Å². The highest BCUT2D eigenvalue weighted by Gasteiger charge is 2.38. The zero-order valence-corrected chi connectivity index (χ0v) is 19.8. The number of aliphatic hydroxyl groups excluding tert-OH is 2. The van der Waals surface area contributed by atoms with Gasteiger partial charge in [0, 0.05) is 29.1 Å². The van der Waals surface area contributed by atoms with Crippen molar-refractivity contribution in [3.05, 3.63) is 70.1 Å².